The Kier molecular flexibility index (Phi) is 5.35. The fourth-order valence-electron chi connectivity index (χ4n) is 1.68. The Morgan fingerprint density at radius 3 is 2.53 bits per heavy atom. The minimum Gasteiger partial charge on any atom is -0.366 e. The molecule has 1 heterocycles. The first-order valence-corrected chi connectivity index (χ1v) is 6.25. The van der Waals surface area contributed by atoms with Gasteiger partial charge in [0, 0.05) is 24.3 Å². The Bertz CT molecular complexity index is 336. The van der Waals surface area contributed by atoms with E-state index >= 15 is 0 Å². The average molecular weight is 236 g/mol. The minimum atomic E-state index is 0.407. The van der Waals surface area contributed by atoms with Crippen molar-refractivity contribution in [2.45, 2.75) is 33.2 Å². The van der Waals surface area contributed by atoms with Gasteiger partial charge in [-0.2, -0.15) is 0 Å². The predicted molar refractivity (Wildman–Crippen MR) is 72.2 cm³/mol. The average Bonchev–Trinajstić information content (AvgIpc) is 2.27. The highest BCUT2D eigenvalue weighted by atomic mass is 15.1. The van der Waals surface area contributed by atoms with Gasteiger partial charge in [0.2, 0.25) is 0 Å². The van der Waals surface area contributed by atoms with E-state index < -0.39 is 0 Å². The van der Waals surface area contributed by atoms with Gasteiger partial charge in [-0.1, -0.05) is 20.8 Å². The van der Waals surface area contributed by atoms with Gasteiger partial charge < -0.3 is 10.2 Å². The summed E-state index contributed by atoms with van der Waals surface area (Å²) >= 11 is 0. The van der Waals surface area contributed by atoms with Crippen molar-refractivity contribution in [2.75, 3.05) is 26.0 Å². The van der Waals surface area contributed by atoms with E-state index in [9.17, 15) is 0 Å². The van der Waals surface area contributed by atoms with Crippen LogP contribution in [0.2, 0.25) is 0 Å². The summed E-state index contributed by atoms with van der Waals surface area (Å²) in [7, 11) is 4.18. The smallest absolute Gasteiger partial charge is 0.129 e. The maximum Gasteiger partial charge on any atom is 0.129 e. The van der Waals surface area contributed by atoms with Crippen molar-refractivity contribution in [1.29, 1.82) is 0 Å². The number of rotatable bonds is 6. The zero-order valence-corrected chi connectivity index (χ0v) is 11.6. The van der Waals surface area contributed by atoms with E-state index in [0.29, 0.717) is 12.0 Å². The van der Waals surface area contributed by atoms with Crippen LogP contribution in [0.4, 0.5) is 5.82 Å². The molecule has 17 heavy (non-hydrogen) atoms. The van der Waals surface area contributed by atoms with E-state index in [4.69, 9.17) is 0 Å². The summed E-state index contributed by atoms with van der Waals surface area (Å²) in [5.41, 5.74) is 1.08. The van der Waals surface area contributed by atoms with E-state index in [1.165, 1.54) is 0 Å². The van der Waals surface area contributed by atoms with E-state index in [0.717, 1.165) is 24.5 Å². The number of nitrogens with one attached hydrogen (secondary N) is 1. The molecule has 0 saturated carbocycles. The van der Waals surface area contributed by atoms with Crippen molar-refractivity contribution in [2.24, 2.45) is 5.92 Å². The van der Waals surface area contributed by atoms with Gasteiger partial charge in [0.15, 0.2) is 0 Å². The highest BCUT2D eigenvalue weighted by Crippen LogP contribution is 2.11. The van der Waals surface area contributed by atoms with Crippen LogP contribution in [0.3, 0.4) is 0 Å². The van der Waals surface area contributed by atoms with E-state index in [1.54, 1.807) is 6.33 Å². The molecule has 96 valence electrons. The molecule has 4 heteroatoms. The van der Waals surface area contributed by atoms with Gasteiger partial charge in [0.1, 0.15) is 12.1 Å². The van der Waals surface area contributed by atoms with Gasteiger partial charge >= 0.3 is 0 Å². The number of likely N-dealkylation sites (N-methyl/N-ethyl adjacent to an activating group) is 1. The van der Waals surface area contributed by atoms with Gasteiger partial charge in [-0.3, -0.25) is 0 Å². The SMILES string of the molecule is CCc1cc(NC(CN(C)C)C(C)C)ncn1. The fraction of sp³-hybridized carbons (Fsp3) is 0.692. The second-order valence-corrected chi connectivity index (χ2v) is 5.01. The summed E-state index contributed by atoms with van der Waals surface area (Å²) in [6.07, 6.45) is 2.57. The Morgan fingerprint density at radius 1 is 1.29 bits per heavy atom. The Labute approximate surface area is 104 Å². The molecule has 1 rings (SSSR count). The number of aryl methyl sites for hydroxylation is 1. The number of aromatic nitrogens is 2. The Hall–Kier alpha value is -1.16. The normalized spacial score (nSPS) is 13.1. The van der Waals surface area contributed by atoms with Gasteiger partial charge in [-0.05, 0) is 26.4 Å². The molecule has 1 aromatic rings. The van der Waals surface area contributed by atoms with Crippen molar-refractivity contribution < 1.29 is 0 Å². The molecule has 0 aliphatic carbocycles. The van der Waals surface area contributed by atoms with Crippen molar-refractivity contribution in [3.05, 3.63) is 18.1 Å². The zero-order valence-electron chi connectivity index (χ0n) is 11.6. The molecule has 0 fully saturated rings. The maximum absolute atomic E-state index is 4.28. The maximum atomic E-state index is 4.28. The highest BCUT2D eigenvalue weighted by molar-refractivity contribution is 5.36. The minimum absolute atomic E-state index is 0.407. The molecule has 1 atom stereocenters. The molecule has 1 aromatic heterocycles. The zero-order chi connectivity index (χ0) is 12.8. The van der Waals surface area contributed by atoms with Crippen LogP contribution >= 0.6 is 0 Å². The van der Waals surface area contributed by atoms with Crippen molar-refractivity contribution in [1.82, 2.24) is 14.9 Å². The quantitative estimate of drug-likeness (QED) is 0.820. The molecule has 0 aliphatic rings. The van der Waals surface area contributed by atoms with Crippen LogP contribution in [-0.2, 0) is 6.42 Å². The molecular formula is C13H24N4. The lowest BCUT2D eigenvalue weighted by atomic mass is 10.0. The second-order valence-electron chi connectivity index (χ2n) is 5.01. The van der Waals surface area contributed by atoms with E-state index in [1.807, 2.05) is 6.07 Å². The molecule has 0 aromatic carbocycles. The van der Waals surface area contributed by atoms with E-state index in [-0.39, 0.29) is 0 Å². The summed E-state index contributed by atoms with van der Waals surface area (Å²) < 4.78 is 0. The lowest BCUT2D eigenvalue weighted by Gasteiger charge is -2.26. The summed E-state index contributed by atoms with van der Waals surface area (Å²) in [6.45, 7) is 7.56. The summed E-state index contributed by atoms with van der Waals surface area (Å²) in [5.74, 6) is 1.50. The van der Waals surface area contributed by atoms with Crippen LogP contribution in [0, 0.1) is 5.92 Å². The van der Waals surface area contributed by atoms with Crippen LogP contribution in [0.15, 0.2) is 12.4 Å². The fourth-order valence-corrected chi connectivity index (χ4v) is 1.68. The summed E-state index contributed by atoms with van der Waals surface area (Å²) in [5, 5.41) is 3.49. The first kappa shape index (κ1) is 13.9. The molecule has 0 spiro atoms. The van der Waals surface area contributed by atoms with Gasteiger partial charge in [-0.25, -0.2) is 9.97 Å². The highest BCUT2D eigenvalue weighted by Gasteiger charge is 2.14. The number of nitrogens with zero attached hydrogens (tertiary/aromatic N) is 3. The van der Waals surface area contributed by atoms with Gasteiger partial charge in [-0.15, -0.1) is 0 Å². The third kappa shape index (κ3) is 4.69. The molecule has 0 aliphatic heterocycles. The standard InChI is InChI=1S/C13H24N4/c1-6-11-7-13(15-9-14-11)16-12(10(2)3)8-17(4)5/h7,9-10,12H,6,8H2,1-5H3,(H,14,15,16). The lowest BCUT2D eigenvalue weighted by Crippen LogP contribution is -2.36. The van der Waals surface area contributed by atoms with Crippen LogP contribution < -0.4 is 5.32 Å². The molecule has 0 amide bonds. The van der Waals surface area contributed by atoms with Gasteiger partial charge in [0.05, 0.1) is 0 Å². The number of anilines is 1. The third-order valence-electron chi connectivity index (χ3n) is 2.79. The predicted octanol–water partition coefficient (Wildman–Crippen LogP) is 2.04. The molecule has 0 saturated heterocycles. The summed E-state index contributed by atoms with van der Waals surface area (Å²) in [6, 6.07) is 2.44. The lowest BCUT2D eigenvalue weighted by molar-refractivity contribution is 0.344. The largest absolute Gasteiger partial charge is 0.366 e. The molecule has 0 radical (unpaired) electrons. The third-order valence-corrected chi connectivity index (χ3v) is 2.79. The summed E-state index contributed by atoms with van der Waals surface area (Å²) in [4.78, 5) is 10.7. The van der Waals surface area contributed by atoms with E-state index in [2.05, 4.69) is 55.1 Å². The second kappa shape index (κ2) is 6.55. The molecule has 1 N–H and O–H groups in total. The molecule has 4 nitrogen and oxygen atoms in total. The number of hydrogen-bond acceptors (Lipinski definition) is 4. The van der Waals surface area contributed by atoms with Crippen molar-refractivity contribution >= 4 is 5.82 Å². The first-order chi connectivity index (χ1) is 8.02. The van der Waals surface area contributed by atoms with Gasteiger partial charge in [0.25, 0.3) is 0 Å². The van der Waals surface area contributed by atoms with Crippen LogP contribution in [0.5, 0.6) is 0 Å². The van der Waals surface area contributed by atoms with Crippen LogP contribution in [-0.4, -0.2) is 41.5 Å². The first-order valence-electron chi connectivity index (χ1n) is 6.25. The molecular weight excluding hydrogens is 212 g/mol. The Balaban J connectivity index is 2.71. The topological polar surface area (TPSA) is 41.0 Å². The van der Waals surface area contributed by atoms with Crippen molar-refractivity contribution in [3.8, 4) is 0 Å². The molecule has 1 unspecified atom stereocenters. The van der Waals surface area contributed by atoms with Crippen LogP contribution in [0.25, 0.3) is 0 Å². The Morgan fingerprint density at radius 2 is 2.00 bits per heavy atom. The number of hydrogen-bond donors (Lipinski definition) is 1. The van der Waals surface area contributed by atoms with Crippen LogP contribution in [0.1, 0.15) is 26.5 Å². The monoisotopic (exact) mass is 236 g/mol. The molecule has 0 bridgehead atoms. The van der Waals surface area contributed by atoms with Crippen molar-refractivity contribution in [3.63, 3.8) is 0 Å².